The second kappa shape index (κ2) is 6.11. The average molecular weight is 256 g/mol. The van der Waals surface area contributed by atoms with Crippen LogP contribution in [0.3, 0.4) is 0 Å². The lowest BCUT2D eigenvalue weighted by Crippen LogP contribution is -2.11. The van der Waals surface area contributed by atoms with Crippen molar-refractivity contribution in [3.63, 3.8) is 0 Å². The SMILES string of the molecule is C[C@H](N)c1nc(C=O)ccc1OCc1ccccc1. The predicted molar refractivity (Wildman–Crippen MR) is 73.0 cm³/mol. The molecule has 4 nitrogen and oxygen atoms in total. The summed E-state index contributed by atoms with van der Waals surface area (Å²) in [5, 5.41) is 0. The molecular weight excluding hydrogens is 240 g/mol. The molecule has 2 rings (SSSR count). The molecule has 0 unspecified atom stereocenters. The van der Waals surface area contributed by atoms with Crippen LogP contribution in [-0.4, -0.2) is 11.3 Å². The number of hydrogen-bond acceptors (Lipinski definition) is 4. The molecule has 0 saturated carbocycles. The first-order valence-electron chi connectivity index (χ1n) is 6.09. The lowest BCUT2D eigenvalue weighted by Gasteiger charge is -2.13. The van der Waals surface area contributed by atoms with Gasteiger partial charge in [-0.25, -0.2) is 4.98 Å². The molecule has 0 aliphatic rings. The quantitative estimate of drug-likeness (QED) is 0.835. The van der Waals surface area contributed by atoms with E-state index >= 15 is 0 Å². The zero-order valence-electron chi connectivity index (χ0n) is 10.7. The van der Waals surface area contributed by atoms with Crippen LogP contribution in [-0.2, 0) is 6.61 Å². The summed E-state index contributed by atoms with van der Waals surface area (Å²) in [6.45, 7) is 2.26. The average Bonchev–Trinajstić information content (AvgIpc) is 2.46. The van der Waals surface area contributed by atoms with Crippen molar-refractivity contribution in [3.8, 4) is 5.75 Å². The minimum atomic E-state index is -0.286. The van der Waals surface area contributed by atoms with Gasteiger partial charge in [-0.05, 0) is 24.6 Å². The van der Waals surface area contributed by atoms with Crippen molar-refractivity contribution in [1.29, 1.82) is 0 Å². The molecule has 4 heteroatoms. The van der Waals surface area contributed by atoms with E-state index in [2.05, 4.69) is 4.98 Å². The molecule has 19 heavy (non-hydrogen) atoms. The number of ether oxygens (including phenoxy) is 1. The van der Waals surface area contributed by atoms with Crippen LogP contribution in [0.1, 0.15) is 34.7 Å². The summed E-state index contributed by atoms with van der Waals surface area (Å²) in [6.07, 6.45) is 0.701. The van der Waals surface area contributed by atoms with Crippen LogP contribution in [0.5, 0.6) is 5.75 Å². The minimum absolute atomic E-state index is 0.286. The molecule has 2 N–H and O–H groups in total. The van der Waals surface area contributed by atoms with Crippen LogP contribution >= 0.6 is 0 Å². The van der Waals surface area contributed by atoms with Gasteiger partial charge < -0.3 is 10.5 Å². The Morgan fingerprint density at radius 2 is 2.00 bits per heavy atom. The van der Waals surface area contributed by atoms with Gasteiger partial charge in [-0.1, -0.05) is 30.3 Å². The fourth-order valence-electron chi connectivity index (χ4n) is 1.73. The van der Waals surface area contributed by atoms with Crippen molar-refractivity contribution in [2.45, 2.75) is 19.6 Å². The Morgan fingerprint density at radius 1 is 1.26 bits per heavy atom. The number of benzene rings is 1. The molecule has 0 aliphatic carbocycles. The second-order valence-corrected chi connectivity index (χ2v) is 4.30. The van der Waals surface area contributed by atoms with Crippen LogP contribution in [0.15, 0.2) is 42.5 Å². The van der Waals surface area contributed by atoms with E-state index in [0.717, 1.165) is 5.56 Å². The Kier molecular flexibility index (Phi) is 4.26. The Balaban J connectivity index is 2.18. The van der Waals surface area contributed by atoms with Gasteiger partial charge in [0.2, 0.25) is 0 Å². The summed E-state index contributed by atoms with van der Waals surface area (Å²) < 4.78 is 5.73. The topological polar surface area (TPSA) is 65.2 Å². The molecule has 0 radical (unpaired) electrons. The van der Waals surface area contributed by atoms with E-state index in [1.165, 1.54) is 0 Å². The molecular formula is C15H16N2O2. The monoisotopic (exact) mass is 256 g/mol. The molecule has 1 atom stereocenters. The summed E-state index contributed by atoms with van der Waals surface area (Å²) in [4.78, 5) is 14.9. The Hall–Kier alpha value is -2.20. The number of nitrogens with zero attached hydrogens (tertiary/aromatic N) is 1. The van der Waals surface area contributed by atoms with Crippen molar-refractivity contribution >= 4 is 6.29 Å². The maximum absolute atomic E-state index is 10.7. The molecule has 0 bridgehead atoms. The van der Waals surface area contributed by atoms with E-state index in [0.29, 0.717) is 30.0 Å². The predicted octanol–water partition coefficient (Wildman–Crippen LogP) is 2.49. The largest absolute Gasteiger partial charge is 0.487 e. The Bertz CT molecular complexity index is 553. The fourth-order valence-corrected chi connectivity index (χ4v) is 1.73. The van der Waals surface area contributed by atoms with Gasteiger partial charge in [0.15, 0.2) is 6.29 Å². The van der Waals surface area contributed by atoms with Crippen molar-refractivity contribution in [2.75, 3.05) is 0 Å². The second-order valence-electron chi connectivity index (χ2n) is 4.30. The van der Waals surface area contributed by atoms with E-state index < -0.39 is 0 Å². The maximum Gasteiger partial charge on any atom is 0.168 e. The molecule has 0 spiro atoms. The smallest absolute Gasteiger partial charge is 0.168 e. The zero-order chi connectivity index (χ0) is 13.7. The molecule has 1 heterocycles. The Morgan fingerprint density at radius 3 is 2.63 bits per heavy atom. The summed E-state index contributed by atoms with van der Waals surface area (Å²) in [7, 11) is 0. The standard InChI is InChI=1S/C15H16N2O2/c1-11(16)15-14(8-7-13(9-18)17-15)19-10-12-5-3-2-4-6-12/h2-9,11H,10,16H2,1H3/t11-/m0/s1. The zero-order valence-corrected chi connectivity index (χ0v) is 10.7. The summed E-state index contributed by atoms with van der Waals surface area (Å²) in [5.41, 5.74) is 7.87. The van der Waals surface area contributed by atoms with Crippen LogP contribution in [0.2, 0.25) is 0 Å². The molecule has 1 aromatic heterocycles. The third-order valence-electron chi connectivity index (χ3n) is 2.70. The van der Waals surface area contributed by atoms with E-state index in [9.17, 15) is 4.79 Å². The number of aldehydes is 1. The molecule has 0 aliphatic heterocycles. The lowest BCUT2D eigenvalue weighted by atomic mass is 10.2. The number of hydrogen-bond donors (Lipinski definition) is 1. The minimum Gasteiger partial charge on any atom is -0.487 e. The highest BCUT2D eigenvalue weighted by Gasteiger charge is 2.11. The summed E-state index contributed by atoms with van der Waals surface area (Å²) >= 11 is 0. The third kappa shape index (κ3) is 3.39. The van der Waals surface area contributed by atoms with E-state index in [4.69, 9.17) is 10.5 Å². The first-order chi connectivity index (χ1) is 9.20. The van der Waals surface area contributed by atoms with Gasteiger partial charge in [0.1, 0.15) is 18.1 Å². The highest BCUT2D eigenvalue weighted by Crippen LogP contribution is 2.22. The van der Waals surface area contributed by atoms with Gasteiger partial charge in [-0.3, -0.25) is 4.79 Å². The summed E-state index contributed by atoms with van der Waals surface area (Å²) in [6, 6.07) is 12.9. The van der Waals surface area contributed by atoms with Crippen LogP contribution in [0, 0.1) is 0 Å². The van der Waals surface area contributed by atoms with E-state index in [1.807, 2.05) is 37.3 Å². The Labute approximate surface area is 112 Å². The van der Waals surface area contributed by atoms with Crippen LogP contribution < -0.4 is 10.5 Å². The van der Waals surface area contributed by atoms with Gasteiger partial charge in [0.05, 0.1) is 5.69 Å². The number of nitrogens with two attached hydrogens (primary N) is 1. The molecule has 98 valence electrons. The van der Waals surface area contributed by atoms with Crippen LogP contribution in [0.4, 0.5) is 0 Å². The molecule has 1 aromatic carbocycles. The van der Waals surface area contributed by atoms with Crippen molar-refractivity contribution < 1.29 is 9.53 Å². The number of carbonyl (C=O) groups is 1. The highest BCUT2D eigenvalue weighted by atomic mass is 16.5. The number of rotatable bonds is 5. The summed E-state index contributed by atoms with van der Waals surface area (Å²) in [5.74, 6) is 0.615. The molecule has 0 saturated heterocycles. The van der Waals surface area contributed by atoms with Gasteiger partial charge in [-0.15, -0.1) is 0 Å². The van der Waals surface area contributed by atoms with Crippen molar-refractivity contribution in [1.82, 2.24) is 4.98 Å². The van der Waals surface area contributed by atoms with E-state index in [-0.39, 0.29) is 6.04 Å². The number of pyridine rings is 1. The van der Waals surface area contributed by atoms with E-state index in [1.54, 1.807) is 12.1 Å². The maximum atomic E-state index is 10.7. The van der Waals surface area contributed by atoms with Crippen molar-refractivity contribution in [2.24, 2.45) is 5.73 Å². The number of carbonyl (C=O) groups excluding carboxylic acids is 1. The normalized spacial score (nSPS) is 11.9. The first kappa shape index (κ1) is 13.2. The van der Waals surface area contributed by atoms with Gasteiger partial charge in [-0.2, -0.15) is 0 Å². The molecule has 0 amide bonds. The highest BCUT2D eigenvalue weighted by molar-refractivity contribution is 5.72. The fraction of sp³-hybridized carbons (Fsp3) is 0.200. The van der Waals surface area contributed by atoms with Crippen LogP contribution in [0.25, 0.3) is 0 Å². The van der Waals surface area contributed by atoms with Gasteiger partial charge in [0.25, 0.3) is 0 Å². The molecule has 2 aromatic rings. The van der Waals surface area contributed by atoms with Crippen molar-refractivity contribution in [3.05, 3.63) is 59.4 Å². The van der Waals surface area contributed by atoms with Gasteiger partial charge >= 0.3 is 0 Å². The van der Waals surface area contributed by atoms with Gasteiger partial charge in [0, 0.05) is 6.04 Å². The molecule has 0 fully saturated rings. The lowest BCUT2D eigenvalue weighted by molar-refractivity contribution is 0.111. The third-order valence-corrected chi connectivity index (χ3v) is 2.70. The first-order valence-corrected chi connectivity index (χ1v) is 6.09. The number of aromatic nitrogens is 1.